The summed E-state index contributed by atoms with van der Waals surface area (Å²) in [7, 11) is -2.42. The molecule has 0 saturated heterocycles. The summed E-state index contributed by atoms with van der Waals surface area (Å²) < 4.78 is 12.5. The van der Waals surface area contributed by atoms with Gasteiger partial charge in [0.1, 0.15) is 6.10 Å². The molecule has 1 aliphatic rings. The molecule has 0 spiro atoms. The van der Waals surface area contributed by atoms with Crippen LogP contribution in [-0.2, 0) is 9.16 Å². The van der Waals surface area contributed by atoms with Gasteiger partial charge in [-0.2, -0.15) is 0 Å². The van der Waals surface area contributed by atoms with Crippen molar-refractivity contribution in [3.05, 3.63) is 73.0 Å². The maximum atomic E-state index is 6.82. The van der Waals surface area contributed by atoms with Gasteiger partial charge in [-0.05, 0) is 21.5 Å². The highest BCUT2D eigenvalue weighted by atomic mass is 28.4. The van der Waals surface area contributed by atoms with Gasteiger partial charge in [-0.3, -0.25) is 0 Å². The number of rotatable bonds is 5. The van der Waals surface area contributed by atoms with E-state index in [9.17, 15) is 0 Å². The molecule has 0 fully saturated rings. The summed E-state index contributed by atoms with van der Waals surface area (Å²) in [5.74, 6) is 0. The van der Waals surface area contributed by atoms with Crippen molar-refractivity contribution >= 4 is 18.7 Å². The Kier molecular flexibility index (Phi) is 4.92. The molecule has 126 valence electrons. The van der Waals surface area contributed by atoms with E-state index in [1.54, 1.807) is 6.26 Å². The van der Waals surface area contributed by atoms with E-state index in [-0.39, 0.29) is 11.1 Å². The fourth-order valence-corrected chi connectivity index (χ4v) is 8.11. The molecule has 0 bridgehead atoms. The summed E-state index contributed by atoms with van der Waals surface area (Å²) in [5, 5.41) is 2.64. The first-order chi connectivity index (χ1) is 11.5. The van der Waals surface area contributed by atoms with Crippen LogP contribution >= 0.6 is 0 Å². The fourth-order valence-electron chi connectivity index (χ4n) is 3.52. The topological polar surface area (TPSA) is 18.5 Å². The molecule has 0 N–H and O–H groups in total. The first-order valence-corrected chi connectivity index (χ1v) is 10.5. The Morgan fingerprint density at radius 1 is 0.958 bits per heavy atom. The second kappa shape index (κ2) is 6.95. The van der Waals surface area contributed by atoms with Crippen molar-refractivity contribution in [2.45, 2.75) is 38.3 Å². The van der Waals surface area contributed by atoms with Crippen molar-refractivity contribution < 1.29 is 9.16 Å². The number of hydrogen-bond acceptors (Lipinski definition) is 2. The quantitative estimate of drug-likeness (QED) is 0.771. The van der Waals surface area contributed by atoms with Crippen LogP contribution in [0.1, 0.15) is 27.2 Å². The Hall–Kier alpha value is -1.84. The van der Waals surface area contributed by atoms with Crippen LogP contribution in [0.3, 0.4) is 0 Å². The first-order valence-electron chi connectivity index (χ1n) is 8.59. The summed E-state index contributed by atoms with van der Waals surface area (Å²) in [4.78, 5) is 0. The van der Waals surface area contributed by atoms with Crippen LogP contribution in [0.25, 0.3) is 0 Å². The van der Waals surface area contributed by atoms with Gasteiger partial charge in [-0.1, -0.05) is 81.4 Å². The lowest BCUT2D eigenvalue weighted by Gasteiger charge is -2.43. The zero-order valence-electron chi connectivity index (χ0n) is 14.7. The van der Waals surface area contributed by atoms with Crippen molar-refractivity contribution in [2.24, 2.45) is 0 Å². The Bertz CT molecular complexity index is 626. The standard InChI is InChI=1S/C21H26O2Si/c1-21(2,3)24(19-12-6-4-7-13-19,20-14-8-5-9-15-20)23-17-18-11-10-16-22-18/h4-10,12-16,18H,11,17H2,1-3H3. The maximum Gasteiger partial charge on any atom is 0.261 e. The molecule has 2 aromatic rings. The fraction of sp³-hybridized carbons (Fsp3) is 0.333. The van der Waals surface area contributed by atoms with E-state index in [0.717, 1.165) is 6.42 Å². The molecule has 0 aromatic heterocycles. The maximum absolute atomic E-state index is 6.82. The third kappa shape index (κ3) is 3.19. The minimum absolute atomic E-state index is 0.0156. The molecular formula is C21H26O2Si. The van der Waals surface area contributed by atoms with Gasteiger partial charge in [0, 0.05) is 6.42 Å². The molecule has 1 atom stereocenters. The lowest BCUT2D eigenvalue weighted by molar-refractivity contribution is 0.103. The summed E-state index contributed by atoms with van der Waals surface area (Å²) >= 11 is 0. The van der Waals surface area contributed by atoms with E-state index in [1.165, 1.54) is 10.4 Å². The van der Waals surface area contributed by atoms with Crippen LogP contribution in [0.15, 0.2) is 73.0 Å². The Morgan fingerprint density at radius 3 is 1.92 bits per heavy atom. The number of ether oxygens (including phenoxy) is 1. The third-order valence-electron chi connectivity index (χ3n) is 4.67. The summed E-state index contributed by atoms with van der Waals surface area (Å²) in [6, 6.07) is 21.5. The van der Waals surface area contributed by atoms with Crippen molar-refractivity contribution in [3.63, 3.8) is 0 Å². The molecule has 3 heteroatoms. The van der Waals surface area contributed by atoms with Gasteiger partial charge in [0.05, 0.1) is 12.9 Å². The van der Waals surface area contributed by atoms with Crippen molar-refractivity contribution in [3.8, 4) is 0 Å². The molecule has 24 heavy (non-hydrogen) atoms. The van der Waals surface area contributed by atoms with Crippen molar-refractivity contribution in [1.82, 2.24) is 0 Å². The first kappa shape index (κ1) is 17.0. The van der Waals surface area contributed by atoms with Gasteiger partial charge in [-0.15, -0.1) is 0 Å². The average Bonchev–Trinajstić information content (AvgIpc) is 3.10. The monoisotopic (exact) mass is 338 g/mol. The van der Waals surface area contributed by atoms with Gasteiger partial charge in [-0.25, -0.2) is 0 Å². The van der Waals surface area contributed by atoms with E-state index in [0.29, 0.717) is 6.61 Å². The molecule has 0 aliphatic carbocycles. The molecule has 1 heterocycles. The summed E-state index contributed by atoms with van der Waals surface area (Å²) in [6.07, 6.45) is 4.92. The predicted octanol–water partition coefficient (Wildman–Crippen LogP) is 3.87. The SMILES string of the molecule is CC(C)(C)[Si](OCC1CC=CO1)(c1ccccc1)c1ccccc1. The Labute approximate surface area is 146 Å². The Morgan fingerprint density at radius 2 is 1.50 bits per heavy atom. The predicted molar refractivity (Wildman–Crippen MR) is 102 cm³/mol. The van der Waals surface area contributed by atoms with E-state index >= 15 is 0 Å². The van der Waals surface area contributed by atoms with Crippen molar-refractivity contribution in [1.29, 1.82) is 0 Å². The van der Waals surface area contributed by atoms with E-state index in [2.05, 4.69) is 87.5 Å². The van der Waals surface area contributed by atoms with Crippen LogP contribution in [-0.4, -0.2) is 21.0 Å². The Balaban J connectivity index is 2.06. The average molecular weight is 339 g/mol. The molecule has 3 rings (SSSR count). The minimum Gasteiger partial charge on any atom is -0.496 e. The van der Waals surface area contributed by atoms with Crippen LogP contribution in [0, 0.1) is 0 Å². The second-order valence-electron chi connectivity index (χ2n) is 7.34. The molecule has 2 nitrogen and oxygen atoms in total. The van der Waals surface area contributed by atoms with Crippen LogP contribution < -0.4 is 10.4 Å². The van der Waals surface area contributed by atoms with Gasteiger partial charge >= 0.3 is 0 Å². The zero-order chi connectivity index (χ0) is 17.0. The lowest BCUT2D eigenvalue weighted by Crippen LogP contribution is -2.67. The lowest BCUT2D eigenvalue weighted by atomic mass is 10.2. The van der Waals surface area contributed by atoms with E-state index in [4.69, 9.17) is 9.16 Å². The largest absolute Gasteiger partial charge is 0.496 e. The van der Waals surface area contributed by atoms with Gasteiger partial charge in [0.15, 0.2) is 0 Å². The molecule has 0 radical (unpaired) electrons. The summed E-state index contributed by atoms with van der Waals surface area (Å²) in [5.41, 5.74) is 0. The van der Waals surface area contributed by atoms with E-state index < -0.39 is 8.32 Å². The molecular weight excluding hydrogens is 312 g/mol. The van der Waals surface area contributed by atoms with Crippen LogP contribution in [0.5, 0.6) is 0 Å². The highest BCUT2D eigenvalue weighted by Crippen LogP contribution is 2.37. The van der Waals surface area contributed by atoms with Crippen LogP contribution in [0.2, 0.25) is 5.04 Å². The van der Waals surface area contributed by atoms with Gasteiger partial charge in [0.25, 0.3) is 8.32 Å². The second-order valence-corrected chi connectivity index (χ2v) is 11.6. The molecule has 1 aliphatic heterocycles. The third-order valence-corrected chi connectivity index (χ3v) is 9.67. The molecule has 0 amide bonds. The molecule has 1 unspecified atom stereocenters. The molecule has 0 saturated carbocycles. The normalized spacial score (nSPS) is 17.7. The zero-order valence-corrected chi connectivity index (χ0v) is 15.7. The highest BCUT2D eigenvalue weighted by molar-refractivity contribution is 6.99. The van der Waals surface area contributed by atoms with E-state index in [1.807, 2.05) is 0 Å². The molecule has 2 aromatic carbocycles. The van der Waals surface area contributed by atoms with Gasteiger partial charge in [0.2, 0.25) is 0 Å². The summed E-state index contributed by atoms with van der Waals surface area (Å²) in [6.45, 7) is 7.52. The van der Waals surface area contributed by atoms with Gasteiger partial charge < -0.3 is 9.16 Å². The smallest absolute Gasteiger partial charge is 0.261 e. The van der Waals surface area contributed by atoms with Crippen LogP contribution in [0.4, 0.5) is 0 Å². The van der Waals surface area contributed by atoms with Crippen molar-refractivity contribution in [2.75, 3.05) is 6.61 Å². The number of benzene rings is 2. The highest BCUT2D eigenvalue weighted by Gasteiger charge is 2.50. The minimum atomic E-state index is -2.42. The number of hydrogen-bond donors (Lipinski definition) is 0.